The van der Waals surface area contributed by atoms with E-state index in [2.05, 4.69) is 354 Å². The molecule has 0 fully saturated rings. The van der Waals surface area contributed by atoms with Gasteiger partial charge >= 0.3 is 11.9 Å². The lowest BCUT2D eigenvalue weighted by Crippen LogP contribution is -2.09. The summed E-state index contributed by atoms with van der Waals surface area (Å²) in [5.41, 5.74) is -0.244. The van der Waals surface area contributed by atoms with Crippen LogP contribution in [0.3, 0.4) is 0 Å². The Balaban J connectivity index is 4.59. The van der Waals surface area contributed by atoms with Gasteiger partial charge in [-0.05, 0) is 94.7 Å². The van der Waals surface area contributed by atoms with Gasteiger partial charge in [0.1, 0.15) is 12.2 Å². The number of terminal acetylenes is 2. The van der Waals surface area contributed by atoms with E-state index >= 15 is 0 Å². The summed E-state index contributed by atoms with van der Waals surface area (Å²) in [6.45, 7) is 3.44. The Morgan fingerprint density at radius 3 is 0.609 bits per heavy atom. The number of esters is 2. The van der Waals surface area contributed by atoms with Crippen molar-refractivity contribution in [3.63, 3.8) is 0 Å². The Bertz CT molecular complexity index is 4240. The van der Waals surface area contributed by atoms with E-state index in [0.29, 0.717) is 0 Å². The van der Waals surface area contributed by atoms with E-state index in [1.54, 1.807) is 0 Å². The van der Waals surface area contributed by atoms with Gasteiger partial charge in [0.15, 0.2) is 0 Å². The number of ether oxygens (including phenoxy) is 2. The molecule has 0 aliphatic carbocycles. The first-order valence-electron chi connectivity index (χ1n) is 17.1. The van der Waals surface area contributed by atoms with Crippen LogP contribution in [0.4, 0.5) is 0 Å². The van der Waals surface area contributed by atoms with Crippen molar-refractivity contribution >= 4 is 11.9 Å². The van der Waals surface area contributed by atoms with Crippen LogP contribution in [-0.4, -0.2) is 11.9 Å². The molecule has 290 valence electrons. The summed E-state index contributed by atoms with van der Waals surface area (Å²) in [5, 5.41) is 0. The monoisotopic (exact) mass is 850 g/mol. The van der Waals surface area contributed by atoms with Gasteiger partial charge in [-0.25, -0.2) is 4.79 Å². The lowest BCUT2D eigenvalue weighted by molar-refractivity contribution is -0.139. The first kappa shape index (κ1) is 54.5. The van der Waals surface area contributed by atoms with Gasteiger partial charge in [0.05, 0.1) is 6.42 Å². The Morgan fingerprint density at radius 1 is 0.261 bits per heavy atom. The molecule has 0 radical (unpaired) electrons. The predicted octanol–water partition coefficient (Wildman–Crippen LogP) is 0.296. The van der Waals surface area contributed by atoms with E-state index in [-0.39, 0.29) is 5.57 Å². The van der Waals surface area contributed by atoms with Crippen molar-refractivity contribution in [3.05, 3.63) is 12.2 Å². The summed E-state index contributed by atoms with van der Waals surface area (Å²) in [6.07, 6.45) is 13.5. The van der Waals surface area contributed by atoms with E-state index in [4.69, 9.17) is 12.8 Å². The fourth-order valence-corrected chi connectivity index (χ4v) is 2.19. The van der Waals surface area contributed by atoms with Gasteiger partial charge in [-0.2, -0.15) is 0 Å². The van der Waals surface area contributed by atoms with E-state index in [9.17, 15) is 9.59 Å². The molecule has 4 heteroatoms. The quantitative estimate of drug-likeness (QED) is 0.233. The molecule has 0 spiro atoms. The number of carbonyl (C=O) groups is 2. The summed E-state index contributed by atoms with van der Waals surface area (Å²) in [6, 6.07) is 0. The maximum absolute atomic E-state index is 11.9. The summed E-state index contributed by atoms with van der Waals surface area (Å²) in [5.74, 6) is 134. The Morgan fingerprint density at radius 2 is 0.420 bits per heavy atom. The molecule has 0 bridgehead atoms. The first-order chi connectivity index (χ1) is 34.1. The summed E-state index contributed by atoms with van der Waals surface area (Å²) in [4.78, 5) is 23.8. The Labute approximate surface area is 404 Å². The maximum atomic E-state index is 11.9. The fourth-order valence-electron chi connectivity index (χ4n) is 2.19. The van der Waals surface area contributed by atoms with Crippen molar-refractivity contribution < 1.29 is 19.1 Å². The topological polar surface area (TPSA) is 52.6 Å². The third-order valence-electron chi connectivity index (χ3n) is 4.45. The minimum absolute atomic E-state index is 0.244. The fraction of sp³-hybridized carbons (Fsp3) is 0.0154. The molecule has 0 aromatic carbocycles. The zero-order valence-electron chi connectivity index (χ0n) is 34.7. The van der Waals surface area contributed by atoms with Crippen LogP contribution in [0.2, 0.25) is 0 Å². The second kappa shape index (κ2) is 47.9. The minimum Gasteiger partial charge on any atom is -0.371 e. The molecule has 69 heavy (non-hydrogen) atoms. The molecule has 0 saturated heterocycles. The lowest BCUT2D eigenvalue weighted by atomic mass is 10.2. The molecule has 0 aliphatic rings. The van der Waals surface area contributed by atoms with Gasteiger partial charge < -0.3 is 9.47 Å². The van der Waals surface area contributed by atoms with Crippen LogP contribution in [0.15, 0.2) is 12.2 Å². The van der Waals surface area contributed by atoms with Crippen LogP contribution in [0, 0.1) is 357 Å². The molecule has 4 nitrogen and oxygen atoms in total. The molecular formula is C65H6O4. The van der Waals surface area contributed by atoms with Gasteiger partial charge in [0, 0.05) is 242 Å². The van der Waals surface area contributed by atoms with Crippen LogP contribution in [0.1, 0.15) is 6.42 Å². The Kier molecular flexibility index (Phi) is 37.8. The van der Waals surface area contributed by atoms with Crippen molar-refractivity contribution in [3.8, 4) is 357 Å². The summed E-state index contributed by atoms with van der Waals surface area (Å²) in [7, 11) is 0. The second-order valence-electron chi connectivity index (χ2n) is 8.89. The molecule has 0 aliphatic heterocycles. The van der Waals surface area contributed by atoms with E-state index in [1.807, 2.05) is 6.11 Å². The lowest BCUT2D eigenvalue weighted by Gasteiger charge is -1.98. The highest BCUT2D eigenvalue weighted by molar-refractivity contribution is 5.94. The highest BCUT2D eigenvalue weighted by Gasteiger charge is 2.13. The summed E-state index contributed by atoms with van der Waals surface area (Å²) < 4.78 is 9.28. The van der Waals surface area contributed by atoms with Crippen molar-refractivity contribution in [2.75, 3.05) is 0 Å². The highest BCUT2D eigenvalue weighted by Crippen LogP contribution is 2.02. The molecule has 0 atom stereocenters. The van der Waals surface area contributed by atoms with E-state index < -0.39 is 18.4 Å². The molecule has 0 amide bonds. The van der Waals surface area contributed by atoms with Gasteiger partial charge in [-0.15, -0.1) is 12.8 Å². The zero-order valence-corrected chi connectivity index (χ0v) is 34.7. The molecule has 0 aromatic rings. The Hall–Kier alpha value is -14.5. The average molecular weight is 851 g/mol. The minimum atomic E-state index is -0.975. The molecular weight excluding hydrogens is 845 g/mol. The van der Waals surface area contributed by atoms with Crippen LogP contribution in [0.25, 0.3) is 0 Å². The number of hydrogen-bond acceptors (Lipinski definition) is 4. The smallest absolute Gasteiger partial charge is 0.347 e. The molecule has 0 unspecified atom stereocenters. The summed E-state index contributed by atoms with van der Waals surface area (Å²) >= 11 is 0. The van der Waals surface area contributed by atoms with Crippen molar-refractivity contribution in [2.24, 2.45) is 0 Å². The van der Waals surface area contributed by atoms with Crippen LogP contribution < -0.4 is 0 Å². The normalized spacial score (nSPS) is 4.67. The molecule has 0 N–H and O–H groups in total. The first-order valence-corrected chi connectivity index (χ1v) is 17.1. The van der Waals surface area contributed by atoms with Crippen molar-refractivity contribution in [1.82, 2.24) is 0 Å². The predicted molar refractivity (Wildman–Crippen MR) is 261 cm³/mol. The zero-order chi connectivity index (χ0) is 49.9. The van der Waals surface area contributed by atoms with Gasteiger partial charge in [-0.3, -0.25) is 4.79 Å². The van der Waals surface area contributed by atoms with Crippen molar-refractivity contribution in [1.29, 1.82) is 0 Å². The molecule has 0 aromatic heterocycles. The average Bonchev–Trinajstić information content (AvgIpc) is 3.35. The van der Waals surface area contributed by atoms with Gasteiger partial charge in [0.2, 0.25) is 0 Å². The van der Waals surface area contributed by atoms with Gasteiger partial charge in [-0.1, -0.05) is 6.58 Å². The van der Waals surface area contributed by atoms with E-state index in [0.717, 1.165) is 0 Å². The molecule has 0 heterocycles. The van der Waals surface area contributed by atoms with Crippen LogP contribution in [-0.2, 0) is 19.1 Å². The molecule has 0 rings (SSSR count). The SMILES string of the molecule is C#CC#CC#CC#CC#CC#CC#CC#CC#CC#CC#CC#CC#CC#CC#COC(=O)CC(=C)C(=O)OC#CC#CC#CC#CC#CC#CC#CC#CC#CC#CC#CC#CC#CC#CC#C. The van der Waals surface area contributed by atoms with Crippen LogP contribution >= 0.6 is 0 Å². The largest absolute Gasteiger partial charge is 0.371 e. The van der Waals surface area contributed by atoms with E-state index in [1.165, 1.54) is 0 Å². The van der Waals surface area contributed by atoms with Crippen LogP contribution in [0.5, 0.6) is 0 Å². The third-order valence-corrected chi connectivity index (χ3v) is 4.45. The highest BCUT2D eigenvalue weighted by atomic mass is 16.5. The third kappa shape index (κ3) is 46.0. The van der Waals surface area contributed by atoms with Crippen molar-refractivity contribution in [2.45, 2.75) is 6.42 Å². The number of carbonyl (C=O) groups excluding carboxylic acids is 2. The second-order valence-corrected chi connectivity index (χ2v) is 8.89. The number of hydrogen-bond donors (Lipinski definition) is 0. The number of rotatable bonds is 3. The maximum Gasteiger partial charge on any atom is 0.347 e. The molecule has 0 saturated carbocycles. The standard InChI is InChI=1S/C65H6O4/c1-4-6-8-10-12-14-16-18-20-22-24-26-28-30-32-34-36-38-40-42-44-46-48-50-52-54-56-58-60-68-64(66)62-63(3)65(67)69-61-59-57-55-53-51-49-47-45-43-41-39-37-35-33-31-29-27-25-23-21-19-17-15-13-11-9-7-5-2/h1-2H,3,62H2. The van der Waals surface area contributed by atoms with Gasteiger partial charge in [0.25, 0.3) is 0 Å².